The van der Waals surface area contributed by atoms with Gasteiger partial charge in [-0.1, -0.05) is 11.2 Å². The fraction of sp³-hybridized carbons (Fsp3) is 0.444. The van der Waals surface area contributed by atoms with Gasteiger partial charge in [-0.05, 0) is 44.6 Å². The van der Waals surface area contributed by atoms with Crippen LogP contribution in [-0.4, -0.2) is 36.9 Å². The van der Waals surface area contributed by atoms with E-state index >= 15 is 0 Å². The Morgan fingerprint density at radius 2 is 2.08 bits per heavy atom. The minimum absolute atomic E-state index is 0.0974. The molecule has 2 heterocycles. The standard InChI is InChI=1S/C18H21N3O4/c1-21(2)17(12-5-6-14-16(7-12)24-10-23-14)18(22)19-9-13-8-15(25-20-13)11-3-4-11/h5-8,11,17H,3-4,9-10H2,1-2H3,(H,19,22). The van der Waals surface area contributed by atoms with Gasteiger partial charge >= 0.3 is 0 Å². The molecule has 0 radical (unpaired) electrons. The highest BCUT2D eigenvalue weighted by Gasteiger charge is 2.28. The average molecular weight is 343 g/mol. The zero-order valence-corrected chi connectivity index (χ0v) is 14.3. The zero-order chi connectivity index (χ0) is 17.4. The van der Waals surface area contributed by atoms with Gasteiger partial charge in [0.25, 0.3) is 0 Å². The third kappa shape index (κ3) is 3.32. The third-order valence-corrected chi connectivity index (χ3v) is 4.48. The Balaban J connectivity index is 1.45. The monoisotopic (exact) mass is 343 g/mol. The molecule has 132 valence electrons. The maximum Gasteiger partial charge on any atom is 0.242 e. The van der Waals surface area contributed by atoms with Crippen molar-refractivity contribution in [3.8, 4) is 11.5 Å². The van der Waals surface area contributed by atoms with E-state index in [1.807, 2.05) is 43.3 Å². The molecule has 1 atom stereocenters. The molecule has 1 fully saturated rings. The molecule has 1 aromatic carbocycles. The van der Waals surface area contributed by atoms with E-state index in [-0.39, 0.29) is 12.7 Å². The highest BCUT2D eigenvalue weighted by Crippen LogP contribution is 2.40. The van der Waals surface area contributed by atoms with E-state index in [9.17, 15) is 4.79 Å². The summed E-state index contributed by atoms with van der Waals surface area (Å²) in [6.07, 6.45) is 2.32. The third-order valence-electron chi connectivity index (χ3n) is 4.48. The first-order chi connectivity index (χ1) is 12.1. The number of carbonyl (C=O) groups excluding carboxylic acids is 1. The van der Waals surface area contributed by atoms with Gasteiger partial charge in [-0.15, -0.1) is 0 Å². The van der Waals surface area contributed by atoms with Crippen LogP contribution in [0.5, 0.6) is 11.5 Å². The van der Waals surface area contributed by atoms with Crippen LogP contribution in [0.25, 0.3) is 0 Å². The quantitative estimate of drug-likeness (QED) is 0.866. The molecule has 0 bridgehead atoms. The molecule has 1 aliphatic carbocycles. The van der Waals surface area contributed by atoms with Crippen molar-refractivity contribution in [1.82, 2.24) is 15.4 Å². The lowest BCUT2D eigenvalue weighted by molar-refractivity contribution is -0.126. The zero-order valence-electron chi connectivity index (χ0n) is 14.3. The van der Waals surface area contributed by atoms with Gasteiger partial charge in [0.2, 0.25) is 12.7 Å². The molecule has 1 saturated carbocycles. The number of likely N-dealkylation sites (N-methyl/N-ethyl adjacent to an activating group) is 1. The van der Waals surface area contributed by atoms with Crippen molar-refractivity contribution in [3.63, 3.8) is 0 Å². The first-order valence-electron chi connectivity index (χ1n) is 8.41. The molecule has 1 amide bonds. The number of hydrogen-bond acceptors (Lipinski definition) is 6. The summed E-state index contributed by atoms with van der Waals surface area (Å²) < 4.78 is 16.1. The van der Waals surface area contributed by atoms with Crippen LogP contribution < -0.4 is 14.8 Å². The molecular formula is C18H21N3O4. The molecule has 1 aliphatic heterocycles. The van der Waals surface area contributed by atoms with Crippen LogP contribution in [0.4, 0.5) is 0 Å². The Hall–Kier alpha value is -2.54. The molecule has 0 spiro atoms. The summed E-state index contributed by atoms with van der Waals surface area (Å²) in [5.41, 5.74) is 1.60. The molecule has 1 aromatic heterocycles. The highest BCUT2D eigenvalue weighted by molar-refractivity contribution is 5.83. The molecule has 0 saturated heterocycles. The molecule has 7 nitrogen and oxygen atoms in total. The van der Waals surface area contributed by atoms with Crippen molar-refractivity contribution in [2.24, 2.45) is 0 Å². The van der Waals surface area contributed by atoms with Crippen LogP contribution in [0.15, 0.2) is 28.8 Å². The second-order valence-electron chi connectivity index (χ2n) is 6.69. The highest BCUT2D eigenvalue weighted by atomic mass is 16.7. The largest absolute Gasteiger partial charge is 0.454 e. The molecule has 7 heteroatoms. The summed E-state index contributed by atoms with van der Waals surface area (Å²) >= 11 is 0. The van der Waals surface area contributed by atoms with Crippen molar-refractivity contribution in [2.75, 3.05) is 20.9 Å². The Kier molecular flexibility index (Phi) is 4.09. The van der Waals surface area contributed by atoms with Crippen LogP contribution in [0.3, 0.4) is 0 Å². The minimum atomic E-state index is -0.427. The molecule has 2 aliphatic rings. The first-order valence-corrected chi connectivity index (χ1v) is 8.41. The number of rotatable bonds is 6. The molecule has 4 rings (SSSR count). The van der Waals surface area contributed by atoms with E-state index in [1.165, 1.54) is 0 Å². The fourth-order valence-corrected chi connectivity index (χ4v) is 3.01. The number of fused-ring (bicyclic) bond motifs is 1. The number of nitrogens with one attached hydrogen (secondary N) is 1. The number of amides is 1. The Morgan fingerprint density at radius 1 is 1.28 bits per heavy atom. The number of benzene rings is 1. The summed E-state index contributed by atoms with van der Waals surface area (Å²) in [6.45, 7) is 0.567. The summed E-state index contributed by atoms with van der Waals surface area (Å²) in [5.74, 6) is 2.71. The Bertz CT molecular complexity index is 782. The van der Waals surface area contributed by atoms with Gasteiger partial charge in [-0.2, -0.15) is 0 Å². The van der Waals surface area contributed by atoms with Gasteiger partial charge < -0.3 is 19.3 Å². The van der Waals surface area contributed by atoms with E-state index < -0.39 is 6.04 Å². The van der Waals surface area contributed by atoms with Gasteiger partial charge in [-0.3, -0.25) is 9.69 Å². The van der Waals surface area contributed by atoms with E-state index in [0.717, 1.165) is 29.9 Å². The fourth-order valence-electron chi connectivity index (χ4n) is 3.01. The van der Waals surface area contributed by atoms with Crippen molar-refractivity contribution >= 4 is 5.91 Å². The van der Waals surface area contributed by atoms with E-state index in [4.69, 9.17) is 14.0 Å². The van der Waals surface area contributed by atoms with Gasteiger partial charge in [0.05, 0.1) is 6.54 Å². The van der Waals surface area contributed by atoms with Gasteiger partial charge in [0.1, 0.15) is 17.5 Å². The molecular weight excluding hydrogens is 322 g/mol. The second kappa shape index (κ2) is 6.40. The Morgan fingerprint density at radius 3 is 2.84 bits per heavy atom. The minimum Gasteiger partial charge on any atom is -0.454 e. The summed E-state index contributed by atoms with van der Waals surface area (Å²) in [7, 11) is 3.74. The predicted molar refractivity (Wildman–Crippen MR) is 89.3 cm³/mol. The lowest BCUT2D eigenvalue weighted by atomic mass is 10.0. The van der Waals surface area contributed by atoms with Crippen molar-refractivity contribution < 1.29 is 18.8 Å². The van der Waals surface area contributed by atoms with Gasteiger partial charge in [0, 0.05) is 12.0 Å². The Labute approximate surface area is 145 Å². The maximum absolute atomic E-state index is 12.7. The summed E-state index contributed by atoms with van der Waals surface area (Å²) in [4.78, 5) is 14.6. The second-order valence-corrected chi connectivity index (χ2v) is 6.69. The number of hydrogen-bond donors (Lipinski definition) is 1. The SMILES string of the molecule is CN(C)C(C(=O)NCc1cc(C2CC2)on1)c1ccc2c(c1)OCO2. The lowest BCUT2D eigenvalue weighted by Gasteiger charge is -2.23. The molecule has 2 aromatic rings. The number of nitrogens with zero attached hydrogens (tertiary/aromatic N) is 2. The van der Waals surface area contributed by atoms with E-state index in [0.29, 0.717) is 24.0 Å². The van der Waals surface area contributed by atoms with Crippen LogP contribution in [0, 0.1) is 0 Å². The normalized spacial score (nSPS) is 16.9. The average Bonchev–Trinajstić information content (AvgIpc) is 3.15. The van der Waals surface area contributed by atoms with Gasteiger partial charge in [0.15, 0.2) is 11.5 Å². The first kappa shape index (κ1) is 16.0. The maximum atomic E-state index is 12.7. The smallest absolute Gasteiger partial charge is 0.242 e. The van der Waals surface area contributed by atoms with Crippen molar-refractivity contribution in [2.45, 2.75) is 31.3 Å². The van der Waals surface area contributed by atoms with E-state index in [1.54, 1.807) is 0 Å². The van der Waals surface area contributed by atoms with Crippen LogP contribution in [0.1, 0.15) is 41.8 Å². The summed E-state index contributed by atoms with van der Waals surface area (Å²) in [6, 6.07) is 7.08. The lowest BCUT2D eigenvalue weighted by Crippen LogP contribution is -2.36. The van der Waals surface area contributed by atoms with Crippen molar-refractivity contribution in [1.29, 1.82) is 0 Å². The van der Waals surface area contributed by atoms with Gasteiger partial charge in [-0.25, -0.2) is 0 Å². The number of carbonyl (C=O) groups is 1. The van der Waals surface area contributed by atoms with Crippen LogP contribution >= 0.6 is 0 Å². The predicted octanol–water partition coefficient (Wildman–Crippen LogP) is 2.20. The van der Waals surface area contributed by atoms with Crippen LogP contribution in [0.2, 0.25) is 0 Å². The van der Waals surface area contributed by atoms with Crippen molar-refractivity contribution in [3.05, 3.63) is 41.3 Å². The topological polar surface area (TPSA) is 76.8 Å². The molecule has 1 unspecified atom stereocenters. The van der Waals surface area contributed by atoms with Crippen LogP contribution in [-0.2, 0) is 11.3 Å². The number of aromatic nitrogens is 1. The van der Waals surface area contributed by atoms with E-state index in [2.05, 4.69) is 10.5 Å². The number of ether oxygens (including phenoxy) is 2. The molecule has 25 heavy (non-hydrogen) atoms. The molecule has 1 N–H and O–H groups in total. The summed E-state index contributed by atoms with van der Waals surface area (Å²) in [5, 5.41) is 6.98.